The molecule has 0 aliphatic carbocycles. The van der Waals surface area contributed by atoms with Gasteiger partial charge in [-0.05, 0) is 62.0 Å². The van der Waals surface area contributed by atoms with Gasteiger partial charge in [0.15, 0.2) is 0 Å². The molecule has 0 bridgehead atoms. The Bertz CT molecular complexity index is 1190. The van der Waals surface area contributed by atoms with Gasteiger partial charge in [0, 0.05) is 67.5 Å². The lowest BCUT2D eigenvalue weighted by Crippen LogP contribution is -2.34. The summed E-state index contributed by atoms with van der Waals surface area (Å²) in [6, 6.07) is 12.7. The number of aromatic nitrogens is 2. The van der Waals surface area contributed by atoms with Crippen LogP contribution in [0.5, 0.6) is 0 Å². The summed E-state index contributed by atoms with van der Waals surface area (Å²) < 4.78 is 0. The van der Waals surface area contributed by atoms with E-state index in [9.17, 15) is 0 Å². The maximum Gasteiger partial charge on any atom is 0.147 e. The van der Waals surface area contributed by atoms with Gasteiger partial charge in [0.05, 0.1) is 5.02 Å². The molecule has 0 radical (unpaired) electrons. The second-order valence-electron chi connectivity index (χ2n) is 10.2. The van der Waals surface area contributed by atoms with Crippen molar-refractivity contribution in [3.05, 3.63) is 70.5 Å². The monoisotopic (exact) mass is 476 g/mol. The van der Waals surface area contributed by atoms with E-state index in [1.807, 2.05) is 18.3 Å². The molecule has 0 fully saturated rings. The predicted octanol–water partition coefficient (Wildman–Crippen LogP) is 5.10. The number of fused-ring (bicyclic) bond motifs is 2. The SMILES string of the molecule is CN(C)CCN1CC(C)(C)c2ccc(Nc3nccc4c3CCN(c3ncccc3Cl)C4)cc21. The van der Waals surface area contributed by atoms with E-state index in [4.69, 9.17) is 16.6 Å². The van der Waals surface area contributed by atoms with E-state index in [1.165, 1.54) is 22.4 Å². The summed E-state index contributed by atoms with van der Waals surface area (Å²) in [5.74, 6) is 1.79. The first-order valence-electron chi connectivity index (χ1n) is 12.0. The maximum absolute atomic E-state index is 6.41. The largest absolute Gasteiger partial charge is 0.369 e. The minimum absolute atomic E-state index is 0.153. The average Bonchev–Trinajstić information content (AvgIpc) is 3.07. The highest BCUT2D eigenvalue weighted by Crippen LogP contribution is 2.42. The van der Waals surface area contributed by atoms with Gasteiger partial charge in [-0.3, -0.25) is 0 Å². The fourth-order valence-electron chi connectivity index (χ4n) is 5.14. The zero-order chi connectivity index (χ0) is 23.9. The van der Waals surface area contributed by atoms with Crippen molar-refractivity contribution in [2.45, 2.75) is 32.2 Å². The Morgan fingerprint density at radius 3 is 2.76 bits per heavy atom. The Balaban J connectivity index is 1.39. The summed E-state index contributed by atoms with van der Waals surface area (Å²) in [5, 5.41) is 4.32. The number of benzene rings is 1. The Kier molecular flexibility index (Phi) is 6.13. The smallest absolute Gasteiger partial charge is 0.147 e. The predicted molar refractivity (Wildman–Crippen MR) is 142 cm³/mol. The normalized spacial score (nSPS) is 16.5. The van der Waals surface area contributed by atoms with Crippen LogP contribution in [0.3, 0.4) is 0 Å². The molecule has 0 spiro atoms. The van der Waals surface area contributed by atoms with Crippen LogP contribution in [0.25, 0.3) is 0 Å². The lowest BCUT2D eigenvalue weighted by atomic mass is 9.87. The highest BCUT2D eigenvalue weighted by molar-refractivity contribution is 6.32. The fourth-order valence-corrected chi connectivity index (χ4v) is 5.38. The second kappa shape index (κ2) is 9.08. The lowest BCUT2D eigenvalue weighted by molar-refractivity contribution is 0.409. The van der Waals surface area contributed by atoms with Crippen molar-refractivity contribution in [2.24, 2.45) is 0 Å². The minimum atomic E-state index is 0.153. The number of hydrogen-bond acceptors (Lipinski definition) is 6. The number of halogens is 1. The molecule has 7 heteroatoms. The third-order valence-corrected chi connectivity index (χ3v) is 7.21. The first-order chi connectivity index (χ1) is 16.3. The van der Waals surface area contributed by atoms with Gasteiger partial charge in [-0.15, -0.1) is 0 Å². The van der Waals surface area contributed by atoms with E-state index >= 15 is 0 Å². The maximum atomic E-state index is 6.41. The van der Waals surface area contributed by atoms with Crippen LogP contribution >= 0.6 is 11.6 Å². The molecule has 3 aromatic rings. The second-order valence-corrected chi connectivity index (χ2v) is 10.7. The van der Waals surface area contributed by atoms with Gasteiger partial charge >= 0.3 is 0 Å². The van der Waals surface area contributed by atoms with E-state index in [-0.39, 0.29) is 5.41 Å². The standard InChI is InChI=1S/C27H33ClN6/c1-27(2)18-34(15-14-32(3)4)24-16-20(7-8-22(24)27)31-25-21-10-13-33(17-19(21)9-12-29-25)26-23(28)6-5-11-30-26/h5-9,11-12,16H,10,13-15,17-18H2,1-4H3,(H,29,31). The van der Waals surface area contributed by atoms with Crippen molar-refractivity contribution in [1.29, 1.82) is 0 Å². The van der Waals surface area contributed by atoms with Crippen LogP contribution < -0.4 is 15.1 Å². The Hall–Kier alpha value is -2.83. The molecule has 1 aromatic carbocycles. The molecule has 0 atom stereocenters. The van der Waals surface area contributed by atoms with E-state index in [1.54, 1.807) is 6.20 Å². The van der Waals surface area contributed by atoms with Crippen LogP contribution in [0, 0.1) is 0 Å². The highest BCUT2D eigenvalue weighted by Gasteiger charge is 2.35. The third kappa shape index (κ3) is 4.44. The zero-order valence-electron chi connectivity index (χ0n) is 20.5. The summed E-state index contributed by atoms with van der Waals surface area (Å²) in [4.78, 5) is 16.2. The van der Waals surface area contributed by atoms with E-state index < -0.39 is 0 Å². The number of anilines is 4. The van der Waals surface area contributed by atoms with Crippen LogP contribution in [0.1, 0.15) is 30.5 Å². The van der Waals surface area contributed by atoms with E-state index in [2.05, 4.69) is 77.2 Å². The topological polar surface area (TPSA) is 47.5 Å². The fraction of sp³-hybridized carbons (Fsp3) is 0.407. The van der Waals surface area contributed by atoms with Crippen molar-refractivity contribution in [1.82, 2.24) is 14.9 Å². The number of rotatable bonds is 6. The van der Waals surface area contributed by atoms with Crippen molar-refractivity contribution < 1.29 is 0 Å². The Morgan fingerprint density at radius 1 is 1.12 bits per heavy atom. The summed E-state index contributed by atoms with van der Waals surface area (Å²) in [5.41, 5.74) is 6.53. The molecule has 0 amide bonds. The summed E-state index contributed by atoms with van der Waals surface area (Å²) in [6.45, 7) is 9.42. The molecule has 5 rings (SSSR count). The van der Waals surface area contributed by atoms with Crippen molar-refractivity contribution in [3.8, 4) is 0 Å². The van der Waals surface area contributed by atoms with Gasteiger partial charge in [-0.25, -0.2) is 9.97 Å². The Labute approximate surface area is 207 Å². The molecular formula is C27H33ClN6. The minimum Gasteiger partial charge on any atom is -0.369 e. The van der Waals surface area contributed by atoms with Crippen molar-refractivity contribution >= 4 is 34.6 Å². The molecule has 0 saturated carbocycles. The van der Waals surface area contributed by atoms with Crippen LogP contribution in [-0.2, 0) is 18.4 Å². The van der Waals surface area contributed by atoms with Gasteiger partial charge < -0.3 is 20.0 Å². The molecular weight excluding hydrogens is 444 g/mol. The van der Waals surface area contributed by atoms with Crippen LogP contribution in [0.2, 0.25) is 5.02 Å². The van der Waals surface area contributed by atoms with Crippen molar-refractivity contribution in [2.75, 3.05) is 55.4 Å². The molecule has 178 valence electrons. The molecule has 6 nitrogen and oxygen atoms in total. The summed E-state index contributed by atoms with van der Waals surface area (Å²) >= 11 is 6.41. The number of hydrogen-bond donors (Lipinski definition) is 1. The van der Waals surface area contributed by atoms with E-state index in [0.29, 0.717) is 5.02 Å². The van der Waals surface area contributed by atoms with Gasteiger partial charge in [0.2, 0.25) is 0 Å². The molecule has 2 aliphatic rings. The van der Waals surface area contributed by atoms with Gasteiger partial charge in [0.1, 0.15) is 11.6 Å². The molecule has 0 saturated heterocycles. The first-order valence-corrected chi connectivity index (χ1v) is 12.3. The first kappa shape index (κ1) is 22.9. The quantitative estimate of drug-likeness (QED) is 0.534. The van der Waals surface area contributed by atoms with E-state index in [0.717, 1.165) is 56.5 Å². The third-order valence-electron chi connectivity index (χ3n) is 6.92. The molecule has 2 aromatic heterocycles. The van der Waals surface area contributed by atoms with Crippen LogP contribution in [0.4, 0.5) is 23.0 Å². The van der Waals surface area contributed by atoms with Gasteiger partial charge in [-0.1, -0.05) is 31.5 Å². The Morgan fingerprint density at radius 2 is 1.97 bits per heavy atom. The van der Waals surface area contributed by atoms with Crippen LogP contribution in [0.15, 0.2) is 48.8 Å². The number of nitrogens with one attached hydrogen (secondary N) is 1. The van der Waals surface area contributed by atoms with Crippen LogP contribution in [-0.4, -0.2) is 55.1 Å². The molecule has 1 N–H and O–H groups in total. The zero-order valence-corrected chi connectivity index (χ0v) is 21.2. The van der Waals surface area contributed by atoms with Gasteiger partial charge in [-0.2, -0.15) is 0 Å². The molecule has 0 unspecified atom stereocenters. The highest BCUT2D eigenvalue weighted by atomic mass is 35.5. The number of likely N-dealkylation sites (N-methyl/N-ethyl adjacent to an activating group) is 1. The molecule has 2 aliphatic heterocycles. The number of nitrogens with zero attached hydrogens (tertiary/aromatic N) is 5. The lowest BCUT2D eigenvalue weighted by Gasteiger charge is -2.31. The average molecular weight is 477 g/mol. The number of pyridine rings is 2. The molecule has 34 heavy (non-hydrogen) atoms. The molecule has 4 heterocycles. The van der Waals surface area contributed by atoms with Crippen molar-refractivity contribution in [3.63, 3.8) is 0 Å². The van der Waals surface area contributed by atoms with Gasteiger partial charge in [0.25, 0.3) is 0 Å². The summed E-state index contributed by atoms with van der Waals surface area (Å²) in [6.07, 6.45) is 4.59. The summed E-state index contributed by atoms with van der Waals surface area (Å²) in [7, 11) is 4.26.